The Morgan fingerprint density at radius 3 is 2.50 bits per heavy atom. The van der Waals surface area contributed by atoms with E-state index in [1.807, 2.05) is 6.07 Å². The van der Waals surface area contributed by atoms with Gasteiger partial charge in [-0.05, 0) is 49.4 Å². The molecule has 0 amide bonds. The number of hydrogen-bond acceptors (Lipinski definition) is 7. The van der Waals surface area contributed by atoms with E-state index in [-0.39, 0.29) is 6.67 Å². The lowest BCUT2D eigenvalue weighted by atomic mass is 10.1. The topological polar surface area (TPSA) is 78.6 Å². The maximum atomic E-state index is 14.5. The van der Waals surface area contributed by atoms with Crippen molar-refractivity contribution in [3.63, 3.8) is 0 Å². The fraction of sp³-hybridized carbons (Fsp3) is 0.625. The van der Waals surface area contributed by atoms with Gasteiger partial charge in [-0.25, -0.2) is 9.69 Å². The molecule has 3 aromatic rings. The summed E-state index contributed by atoms with van der Waals surface area (Å²) in [5.41, 5.74) is 2.49. The van der Waals surface area contributed by atoms with Crippen LogP contribution in [-0.4, -0.2) is 41.8 Å². The number of carbonyl (C=O) groups is 1. The normalized spacial score (nSPS) is 19.6. The number of fused-ring (bicyclic) bond motifs is 1. The van der Waals surface area contributed by atoms with Gasteiger partial charge in [0, 0.05) is 13.0 Å². The van der Waals surface area contributed by atoms with Crippen molar-refractivity contribution in [2.75, 3.05) is 19.8 Å². The summed E-state index contributed by atoms with van der Waals surface area (Å²) >= 11 is 1.44. The van der Waals surface area contributed by atoms with E-state index in [2.05, 4.69) is 37.8 Å². The van der Waals surface area contributed by atoms with Crippen LogP contribution >= 0.6 is 11.3 Å². The third-order valence-electron chi connectivity index (χ3n) is 7.86. The Bertz CT molecular complexity index is 1210. The highest BCUT2D eigenvalue weighted by Crippen LogP contribution is 2.38. The van der Waals surface area contributed by atoms with Crippen LogP contribution in [0.4, 0.5) is 5.13 Å². The molecule has 4 rings (SSSR count). The second-order valence-corrected chi connectivity index (χ2v) is 12.3. The van der Waals surface area contributed by atoms with Crippen LogP contribution in [0.5, 0.6) is 0 Å². The number of hydroxylamine groups is 2. The van der Waals surface area contributed by atoms with Gasteiger partial charge in [0.25, 0.3) is 11.4 Å². The average Bonchev–Trinajstić information content (AvgIpc) is 3.67. The molecule has 1 saturated heterocycles. The van der Waals surface area contributed by atoms with E-state index in [4.69, 9.17) is 14.1 Å². The fourth-order valence-electron chi connectivity index (χ4n) is 5.42. The standard InChI is InChI=1S/C32H47N3O4S/c1-4-7-10-12-15-25-17-18-28-29(20-25)40-32(33-28)35(37)24-34(19-14-9-6-3)22-30(35)39-31(36)26-21-27(38-23-26)16-13-11-8-5-2/h17-18,20-21,23,30H,4-16,19,22,24H2,1-3H3. The zero-order chi connectivity index (χ0) is 28.4. The molecule has 2 aromatic heterocycles. The minimum absolute atomic E-state index is 0.236. The number of ether oxygens (including phenoxy) is 1. The minimum atomic E-state index is -0.869. The third-order valence-corrected chi connectivity index (χ3v) is 8.99. The number of thiazole rings is 1. The maximum absolute atomic E-state index is 14.5. The summed E-state index contributed by atoms with van der Waals surface area (Å²) in [4.78, 5) is 20.1. The van der Waals surface area contributed by atoms with E-state index in [1.54, 1.807) is 6.07 Å². The molecule has 1 aromatic carbocycles. The number of unbranched alkanes of at least 4 members (excludes halogenated alkanes) is 8. The van der Waals surface area contributed by atoms with Gasteiger partial charge in [-0.2, -0.15) is 4.98 Å². The van der Waals surface area contributed by atoms with Crippen molar-refractivity contribution in [1.29, 1.82) is 0 Å². The average molecular weight is 570 g/mol. The van der Waals surface area contributed by atoms with Crippen molar-refractivity contribution in [3.8, 4) is 0 Å². The lowest BCUT2D eigenvalue weighted by Gasteiger charge is -2.38. The van der Waals surface area contributed by atoms with E-state index in [0.717, 1.165) is 67.5 Å². The molecule has 2 atom stereocenters. The third kappa shape index (κ3) is 7.93. The molecule has 220 valence electrons. The van der Waals surface area contributed by atoms with Crippen molar-refractivity contribution in [3.05, 3.63) is 52.6 Å². The Morgan fingerprint density at radius 2 is 1.75 bits per heavy atom. The van der Waals surface area contributed by atoms with Crippen LogP contribution in [0.25, 0.3) is 10.2 Å². The summed E-state index contributed by atoms with van der Waals surface area (Å²) in [5.74, 6) is 0.285. The number of aromatic nitrogens is 1. The molecule has 0 aliphatic carbocycles. The van der Waals surface area contributed by atoms with Crippen LogP contribution in [-0.2, 0) is 17.6 Å². The van der Waals surface area contributed by atoms with E-state index < -0.39 is 16.8 Å². The van der Waals surface area contributed by atoms with Gasteiger partial charge in [0.1, 0.15) is 18.7 Å². The number of nitrogens with zero attached hydrogens (tertiary/aromatic N) is 3. The lowest BCUT2D eigenvalue weighted by molar-refractivity contribution is 0.00557. The molecule has 0 saturated carbocycles. The predicted octanol–water partition coefficient (Wildman–Crippen LogP) is 8.59. The number of quaternary nitrogens is 1. The Hall–Kier alpha value is -2.26. The van der Waals surface area contributed by atoms with Gasteiger partial charge in [0.2, 0.25) is 0 Å². The quantitative estimate of drug-likeness (QED) is 0.0701. The molecule has 0 radical (unpaired) electrons. The molecular formula is C32H47N3O4S. The first-order valence-electron chi connectivity index (χ1n) is 15.5. The van der Waals surface area contributed by atoms with E-state index in [1.165, 1.54) is 61.7 Å². The number of esters is 1. The zero-order valence-electron chi connectivity index (χ0n) is 24.7. The van der Waals surface area contributed by atoms with Gasteiger partial charge in [-0.1, -0.05) is 89.5 Å². The Kier molecular flexibility index (Phi) is 11.6. The highest BCUT2D eigenvalue weighted by molar-refractivity contribution is 7.22. The Balaban J connectivity index is 1.49. The van der Waals surface area contributed by atoms with Crippen molar-refractivity contribution in [2.24, 2.45) is 0 Å². The molecule has 1 aliphatic heterocycles. The number of rotatable bonds is 17. The summed E-state index contributed by atoms with van der Waals surface area (Å²) in [6.07, 6.45) is 15.1. The number of aryl methyl sites for hydroxylation is 2. The van der Waals surface area contributed by atoms with E-state index in [9.17, 15) is 10.0 Å². The molecule has 1 aliphatic rings. The van der Waals surface area contributed by atoms with E-state index >= 15 is 0 Å². The van der Waals surface area contributed by atoms with Crippen LogP contribution in [0.3, 0.4) is 0 Å². The Morgan fingerprint density at radius 1 is 1.02 bits per heavy atom. The second-order valence-electron chi connectivity index (χ2n) is 11.3. The smallest absolute Gasteiger partial charge is 0.345 e. The molecule has 3 heterocycles. The van der Waals surface area contributed by atoms with Gasteiger partial charge in [0.15, 0.2) is 0 Å². The summed E-state index contributed by atoms with van der Waals surface area (Å²) < 4.78 is 11.8. The van der Waals surface area contributed by atoms with Crippen molar-refractivity contribution >= 4 is 32.7 Å². The van der Waals surface area contributed by atoms with Crippen LogP contribution in [0.2, 0.25) is 0 Å². The minimum Gasteiger partial charge on any atom is -0.622 e. The van der Waals surface area contributed by atoms with Crippen molar-refractivity contribution in [2.45, 2.75) is 110 Å². The monoisotopic (exact) mass is 569 g/mol. The van der Waals surface area contributed by atoms with Crippen LogP contribution in [0.1, 0.15) is 113 Å². The molecule has 0 bridgehead atoms. The molecule has 0 N–H and O–H groups in total. The molecule has 2 unspecified atom stereocenters. The maximum Gasteiger partial charge on any atom is 0.345 e. The zero-order valence-corrected chi connectivity index (χ0v) is 25.5. The molecule has 40 heavy (non-hydrogen) atoms. The van der Waals surface area contributed by atoms with Crippen LogP contribution < -0.4 is 4.65 Å². The van der Waals surface area contributed by atoms with Gasteiger partial charge in [-0.3, -0.25) is 4.65 Å². The molecule has 8 heteroatoms. The highest BCUT2D eigenvalue weighted by Gasteiger charge is 2.46. The van der Waals surface area contributed by atoms with Gasteiger partial charge in [0.05, 0.1) is 22.3 Å². The largest absolute Gasteiger partial charge is 0.622 e. The number of benzene rings is 1. The van der Waals surface area contributed by atoms with Gasteiger partial charge < -0.3 is 14.4 Å². The van der Waals surface area contributed by atoms with Gasteiger partial charge in [-0.15, -0.1) is 0 Å². The second kappa shape index (κ2) is 15.1. The molecule has 1 fully saturated rings. The van der Waals surface area contributed by atoms with Crippen LogP contribution in [0, 0.1) is 5.21 Å². The van der Waals surface area contributed by atoms with Crippen molar-refractivity contribution < 1.29 is 13.9 Å². The first kappa shape index (κ1) is 30.7. The van der Waals surface area contributed by atoms with Crippen LogP contribution in [0.15, 0.2) is 34.9 Å². The summed E-state index contributed by atoms with van der Waals surface area (Å²) in [5, 5.41) is 15.0. The molecular weight excluding hydrogens is 522 g/mol. The first-order valence-corrected chi connectivity index (χ1v) is 16.3. The summed E-state index contributed by atoms with van der Waals surface area (Å²) in [6.45, 7) is 8.03. The number of furan rings is 1. The fourth-order valence-corrected chi connectivity index (χ4v) is 6.52. The van der Waals surface area contributed by atoms with E-state index in [0.29, 0.717) is 17.2 Å². The summed E-state index contributed by atoms with van der Waals surface area (Å²) in [6, 6.07) is 8.10. The number of carbonyl (C=O) groups excluding carboxylic acids is 1. The number of hydrogen-bond donors (Lipinski definition) is 0. The van der Waals surface area contributed by atoms with Crippen molar-refractivity contribution in [1.82, 2.24) is 14.5 Å². The van der Waals surface area contributed by atoms with Gasteiger partial charge >= 0.3 is 5.97 Å². The highest BCUT2D eigenvalue weighted by atomic mass is 32.1. The molecule has 7 nitrogen and oxygen atoms in total. The lowest BCUT2D eigenvalue weighted by Crippen LogP contribution is -2.50. The SMILES string of the molecule is CCCCCCc1ccc2nc([N+]3([O-])CN(CCCCC)CC3OC(=O)c3coc(CCCCCC)c3)sc2c1. The molecule has 0 spiro atoms. The summed E-state index contributed by atoms with van der Waals surface area (Å²) in [7, 11) is 0. The Labute approximate surface area is 243 Å². The predicted molar refractivity (Wildman–Crippen MR) is 164 cm³/mol. The first-order chi connectivity index (χ1) is 19.5.